The van der Waals surface area contributed by atoms with Crippen LogP contribution in [0.1, 0.15) is 0 Å². The second-order valence-corrected chi connectivity index (χ2v) is 16.4. The summed E-state index contributed by atoms with van der Waals surface area (Å²) in [7, 11) is 0. The zero-order chi connectivity index (χ0) is 41.4. The Bertz CT molecular complexity index is 3730. The third-order valence-electron chi connectivity index (χ3n) is 12.7. The number of hydrogen-bond acceptors (Lipinski definition) is 3. The van der Waals surface area contributed by atoms with E-state index in [0.717, 1.165) is 44.6 Å². The highest BCUT2D eigenvalue weighted by Crippen LogP contribution is 2.51. The molecule has 0 spiro atoms. The van der Waals surface area contributed by atoms with Gasteiger partial charge in [-0.05, 0) is 109 Å². The molecule has 13 rings (SSSR count). The minimum atomic E-state index is 0.637. The number of benzene rings is 10. The second kappa shape index (κ2) is 14.1. The SMILES string of the molecule is c1ccc(-c2nc(-c3ccccc3)nc(-c3cccc(-c4cccc(-c5cccc(-n6c7cc8ccccc8cc7c7c8cccc9c8c(cc76)-c6ccccc6-9)c5)c4)c3)n2)cc1. The van der Waals surface area contributed by atoms with E-state index in [2.05, 4.69) is 162 Å². The molecule has 2 heterocycles. The third-order valence-corrected chi connectivity index (χ3v) is 12.7. The molecule has 4 heteroatoms. The Labute approximate surface area is 364 Å². The minimum Gasteiger partial charge on any atom is -0.309 e. The van der Waals surface area contributed by atoms with Crippen molar-refractivity contribution in [2.75, 3.05) is 0 Å². The molecule has 0 amide bonds. The molecule has 0 atom stereocenters. The molecule has 1 aliphatic rings. The molecule has 0 fully saturated rings. The van der Waals surface area contributed by atoms with Crippen LogP contribution in [0.5, 0.6) is 0 Å². The monoisotopic (exact) mass is 800 g/mol. The Morgan fingerprint density at radius 2 is 0.746 bits per heavy atom. The first-order valence-electron chi connectivity index (χ1n) is 21.4. The van der Waals surface area contributed by atoms with E-state index in [1.807, 2.05) is 60.7 Å². The third kappa shape index (κ3) is 5.73. The molecule has 0 saturated carbocycles. The van der Waals surface area contributed by atoms with Gasteiger partial charge in [0.2, 0.25) is 0 Å². The van der Waals surface area contributed by atoms with E-state index in [1.54, 1.807) is 0 Å². The molecule has 0 saturated heterocycles. The first-order valence-corrected chi connectivity index (χ1v) is 21.4. The van der Waals surface area contributed by atoms with Gasteiger partial charge in [0.1, 0.15) is 0 Å². The lowest BCUT2D eigenvalue weighted by Crippen LogP contribution is -2.00. The van der Waals surface area contributed by atoms with Crippen LogP contribution in [-0.4, -0.2) is 19.5 Å². The van der Waals surface area contributed by atoms with Gasteiger partial charge in [0.25, 0.3) is 0 Å². The zero-order valence-corrected chi connectivity index (χ0v) is 34.1. The van der Waals surface area contributed by atoms with E-state index in [9.17, 15) is 0 Å². The van der Waals surface area contributed by atoms with Crippen LogP contribution in [0.2, 0.25) is 0 Å². The lowest BCUT2D eigenvalue weighted by atomic mass is 9.97. The topological polar surface area (TPSA) is 43.6 Å². The Kier molecular flexibility index (Phi) is 7.87. The molecule has 12 aromatic rings. The van der Waals surface area contributed by atoms with Crippen LogP contribution in [0.15, 0.2) is 218 Å². The van der Waals surface area contributed by atoms with Gasteiger partial charge in [0.05, 0.1) is 11.0 Å². The highest BCUT2D eigenvalue weighted by atomic mass is 15.0. The summed E-state index contributed by atoms with van der Waals surface area (Å²) >= 11 is 0. The van der Waals surface area contributed by atoms with E-state index in [-0.39, 0.29) is 0 Å². The molecular weight excluding hydrogens is 765 g/mol. The smallest absolute Gasteiger partial charge is 0.164 e. The van der Waals surface area contributed by atoms with Crippen molar-refractivity contribution in [2.45, 2.75) is 0 Å². The van der Waals surface area contributed by atoms with Crippen molar-refractivity contribution in [3.8, 4) is 84.4 Å². The Morgan fingerprint density at radius 1 is 0.270 bits per heavy atom. The van der Waals surface area contributed by atoms with Crippen molar-refractivity contribution in [3.05, 3.63) is 218 Å². The van der Waals surface area contributed by atoms with Crippen LogP contribution in [0, 0.1) is 0 Å². The van der Waals surface area contributed by atoms with Gasteiger partial charge in [-0.3, -0.25) is 0 Å². The molecule has 292 valence electrons. The van der Waals surface area contributed by atoms with Crippen LogP contribution in [0.25, 0.3) is 128 Å². The molecule has 10 aromatic carbocycles. The van der Waals surface area contributed by atoms with Gasteiger partial charge in [-0.15, -0.1) is 0 Å². The van der Waals surface area contributed by atoms with Crippen LogP contribution in [0.3, 0.4) is 0 Å². The highest BCUT2D eigenvalue weighted by molar-refractivity contribution is 6.30. The van der Waals surface area contributed by atoms with E-state index >= 15 is 0 Å². The molecule has 63 heavy (non-hydrogen) atoms. The predicted molar refractivity (Wildman–Crippen MR) is 261 cm³/mol. The van der Waals surface area contributed by atoms with Gasteiger partial charge >= 0.3 is 0 Å². The molecule has 0 aliphatic heterocycles. The number of nitrogens with zero attached hydrogens (tertiary/aromatic N) is 4. The maximum atomic E-state index is 5.01. The zero-order valence-electron chi connectivity index (χ0n) is 34.1. The summed E-state index contributed by atoms with van der Waals surface area (Å²) in [5.74, 6) is 1.93. The quantitative estimate of drug-likeness (QED) is 0.168. The van der Waals surface area contributed by atoms with Gasteiger partial charge in [0.15, 0.2) is 17.5 Å². The van der Waals surface area contributed by atoms with Crippen molar-refractivity contribution >= 4 is 43.4 Å². The number of aromatic nitrogens is 4. The predicted octanol–water partition coefficient (Wildman–Crippen LogP) is 15.3. The molecular formula is C59H36N4. The lowest BCUT2D eigenvalue weighted by molar-refractivity contribution is 1.07. The van der Waals surface area contributed by atoms with Crippen molar-refractivity contribution in [3.63, 3.8) is 0 Å². The summed E-state index contributed by atoms with van der Waals surface area (Å²) < 4.78 is 2.49. The first kappa shape index (κ1) is 35.3. The van der Waals surface area contributed by atoms with Crippen LogP contribution >= 0.6 is 0 Å². The van der Waals surface area contributed by atoms with Crippen LogP contribution in [-0.2, 0) is 0 Å². The van der Waals surface area contributed by atoms with E-state index in [1.165, 1.54) is 65.6 Å². The summed E-state index contributed by atoms with van der Waals surface area (Å²) in [6.45, 7) is 0. The Morgan fingerprint density at radius 3 is 1.41 bits per heavy atom. The maximum absolute atomic E-state index is 5.01. The molecule has 2 aromatic heterocycles. The number of rotatable bonds is 6. The van der Waals surface area contributed by atoms with Gasteiger partial charge in [-0.2, -0.15) is 0 Å². The standard InChI is InChI=1S/C59H36N4/c1-3-15-37(16-4-1)57-60-58(38-17-5-2-6-18-38)62-59(61-57)45-25-12-23-41(32-45)39-21-11-22-40(31-39)42-24-13-26-46(33-42)63-53-35-44-20-8-7-19-43(44)34-52(53)56-50-30-14-29-49-47-27-9-10-28-48(47)51(55(49)50)36-54(56)63/h1-36H. The molecule has 0 bridgehead atoms. The molecule has 0 radical (unpaired) electrons. The normalized spacial score (nSPS) is 11.8. The summed E-state index contributed by atoms with van der Waals surface area (Å²) in [5.41, 5.74) is 16.1. The lowest BCUT2D eigenvalue weighted by Gasteiger charge is -2.13. The number of fused-ring (bicyclic) bond motifs is 8. The van der Waals surface area contributed by atoms with E-state index in [4.69, 9.17) is 15.0 Å². The van der Waals surface area contributed by atoms with Crippen LogP contribution in [0.4, 0.5) is 0 Å². The molecule has 1 aliphatic carbocycles. The van der Waals surface area contributed by atoms with Gasteiger partial charge in [-0.1, -0.05) is 176 Å². The molecule has 0 unspecified atom stereocenters. The summed E-state index contributed by atoms with van der Waals surface area (Å²) in [6.07, 6.45) is 0. The maximum Gasteiger partial charge on any atom is 0.164 e. The van der Waals surface area contributed by atoms with Crippen molar-refractivity contribution in [2.24, 2.45) is 0 Å². The van der Waals surface area contributed by atoms with Crippen molar-refractivity contribution in [1.82, 2.24) is 19.5 Å². The highest BCUT2D eigenvalue weighted by Gasteiger charge is 2.26. The van der Waals surface area contributed by atoms with E-state index in [0.29, 0.717) is 17.5 Å². The average Bonchev–Trinajstić information content (AvgIpc) is 3.86. The fourth-order valence-electron chi connectivity index (χ4n) is 9.82. The second-order valence-electron chi connectivity index (χ2n) is 16.4. The minimum absolute atomic E-state index is 0.637. The summed E-state index contributed by atoms with van der Waals surface area (Å²) in [4.78, 5) is 14.9. The Hall–Kier alpha value is -8.47. The first-order chi connectivity index (χ1) is 31.2. The van der Waals surface area contributed by atoms with Gasteiger partial charge in [0, 0.05) is 33.2 Å². The molecule has 0 N–H and O–H groups in total. The van der Waals surface area contributed by atoms with Crippen molar-refractivity contribution in [1.29, 1.82) is 0 Å². The van der Waals surface area contributed by atoms with Gasteiger partial charge < -0.3 is 4.57 Å². The summed E-state index contributed by atoms with van der Waals surface area (Å²) in [5, 5.41) is 7.67. The average molecular weight is 801 g/mol. The van der Waals surface area contributed by atoms with E-state index < -0.39 is 0 Å². The largest absolute Gasteiger partial charge is 0.309 e. The number of hydrogen-bond donors (Lipinski definition) is 0. The Balaban J connectivity index is 0.943. The fraction of sp³-hybridized carbons (Fsp3) is 0. The van der Waals surface area contributed by atoms with Gasteiger partial charge in [-0.25, -0.2) is 15.0 Å². The molecule has 4 nitrogen and oxygen atoms in total. The summed E-state index contributed by atoms with van der Waals surface area (Å²) in [6, 6.07) is 78.2. The van der Waals surface area contributed by atoms with Crippen molar-refractivity contribution < 1.29 is 0 Å². The van der Waals surface area contributed by atoms with Crippen LogP contribution < -0.4 is 0 Å². The fourth-order valence-corrected chi connectivity index (χ4v) is 9.82.